The van der Waals surface area contributed by atoms with E-state index in [1.807, 2.05) is 30.6 Å². The van der Waals surface area contributed by atoms with Crippen LogP contribution in [0.25, 0.3) is 0 Å². The molecule has 3 aliphatic rings. The minimum atomic E-state index is -0.0791. The number of dihydropyridines is 1. The highest BCUT2D eigenvalue weighted by atomic mass is 32.2. The van der Waals surface area contributed by atoms with Gasteiger partial charge in [-0.1, -0.05) is 12.2 Å². The summed E-state index contributed by atoms with van der Waals surface area (Å²) in [6.07, 6.45) is 4.52. The maximum Gasteiger partial charge on any atom is 0.153 e. The highest BCUT2D eigenvalue weighted by molar-refractivity contribution is 8.21. The van der Waals surface area contributed by atoms with Crippen LogP contribution < -0.4 is 0 Å². The molecule has 2 atom stereocenters. The molecule has 1 spiro atoms. The summed E-state index contributed by atoms with van der Waals surface area (Å²) in [7, 11) is 1.81. The van der Waals surface area contributed by atoms with Gasteiger partial charge in [-0.15, -0.1) is 23.5 Å². The van der Waals surface area contributed by atoms with Gasteiger partial charge >= 0.3 is 0 Å². The van der Waals surface area contributed by atoms with Crippen molar-refractivity contribution in [1.82, 2.24) is 0 Å². The fourth-order valence-corrected chi connectivity index (χ4v) is 6.30. The Morgan fingerprint density at radius 2 is 2.21 bits per heavy atom. The van der Waals surface area contributed by atoms with Crippen LogP contribution in [-0.2, 0) is 0 Å². The van der Waals surface area contributed by atoms with Gasteiger partial charge in [0.15, 0.2) is 11.7 Å². The van der Waals surface area contributed by atoms with Gasteiger partial charge in [-0.2, -0.15) is 0 Å². The highest BCUT2D eigenvalue weighted by Crippen LogP contribution is 2.54. The Morgan fingerprint density at radius 3 is 2.89 bits per heavy atom. The Hall–Kier alpha value is -0.810. The summed E-state index contributed by atoms with van der Waals surface area (Å²) < 4.78 is -0.0791. The minimum absolute atomic E-state index is 0.0791. The predicted octanol–water partition coefficient (Wildman–Crippen LogP) is 3.34. The van der Waals surface area contributed by atoms with Gasteiger partial charge in [-0.05, 0) is 26.3 Å². The van der Waals surface area contributed by atoms with Gasteiger partial charge in [0.25, 0.3) is 0 Å². The summed E-state index contributed by atoms with van der Waals surface area (Å²) in [5.41, 5.74) is 3.59. The molecule has 19 heavy (non-hydrogen) atoms. The molecule has 0 aromatic rings. The third-order valence-corrected chi connectivity index (χ3v) is 6.96. The van der Waals surface area contributed by atoms with Gasteiger partial charge < -0.3 is 0 Å². The van der Waals surface area contributed by atoms with Crippen molar-refractivity contribution in [3.05, 3.63) is 23.3 Å². The first-order valence-electron chi connectivity index (χ1n) is 6.35. The molecule has 5 heteroatoms. The van der Waals surface area contributed by atoms with Crippen molar-refractivity contribution in [1.29, 1.82) is 0 Å². The van der Waals surface area contributed by atoms with Gasteiger partial charge in [0.2, 0.25) is 0 Å². The van der Waals surface area contributed by atoms with E-state index in [-0.39, 0.29) is 4.75 Å². The topological polar surface area (TPSA) is 37.1 Å². The standard InChI is InChI=1S/C14H17N3S2/c1-5-10-11-14(19-7-18-11)6-8(2)9(3)16-13(14)17-12(10)15-4/h5-6,11H,7H2,1-4H3/t11-,14-/m1/s1. The molecule has 100 valence electrons. The molecule has 0 amide bonds. The fraction of sp³-hybridized carbons (Fsp3) is 0.500. The van der Waals surface area contributed by atoms with Gasteiger partial charge in [0.1, 0.15) is 4.75 Å². The molecule has 0 bridgehead atoms. The van der Waals surface area contributed by atoms with Crippen molar-refractivity contribution in [2.45, 2.75) is 30.8 Å². The van der Waals surface area contributed by atoms with Crippen LogP contribution in [0.3, 0.4) is 0 Å². The fourth-order valence-electron chi connectivity index (χ4n) is 2.70. The third-order valence-electron chi connectivity index (χ3n) is 3.82. The summed E-state index contributed by atoms with van der Waals surface area (Å²) in [6, 6.07) is 0. The second kappa shape index (κ2) is 4.63. The zero-order chi connectivity index (χ0) is 13.6. The lowest BCUT2D eigenvalue weighted by molar-refractivity contribution is 0.902. The lowest BCUT2D eigenvalue weighted by atomic mass is 9.88. The van der Waals surface area contributed by atoms with Crippen LogP contribution in [0.2, 0.25) is 0 Å². The average molecular weight is 291 g/mol. The molecule has 0 aromatic carbocycles. The van der Waals surface area contributed by atoms with Crippen molar-refractivity contribution in [3.8, 4) is 0 Å². The van der Waals surface area contributed by atoms with Crippen molar-refractivity contribution in [2.75, 3.05) is 12.1 Å². The second-order valence-electron chi connectivity index (χ2n) is 4.85. The summed E-state index contributed by atoms with van der Waals surface area (Å²) >= 11 is 3.92. The molecular formula is C14H17N3S2. The molecular weight excluding hydrogens is 274 g/mol. The quantitative estimate of drug-likeness (QED) is 0.686. The molecule has 1 saturated heterocycles. The van der Waals surface area contributed by atoms with E-state index >= 15 is 0 Å². The van der Waals surface area contributed by atoms with Crippen LogP contribution in [0, 0.1) is 0 Å². The van der Waals surface area contributed by atoms with Gasteiger partial charge in [0, 0.05) is 23.4 Å². The molecule has 3 heterocycles. The predicted molar refractivity (Wildman–Crippen MR) is 88.0 cm³/mol. The van der Waals surface area contributed by atoms with Crippen molar-refractivity contribution in [3.63, 3.8) is 0 Å². The first-order chi connectivity index (χ1) is 9.12. The summed E-state index contributed by atoms with van der Waals surface area (Å²) in [6.45, 7) is 6.27. The molecule has 0 unspecified atom stereocenters. The summed E-state index contributed by atoms with van der Waals surface area (Å²) in [4.78, 5) is 13.8. The smallest absolute Gasteiger partial charge is 0.153 e. The molecule has 0 N–H and O–H groups in total. The van der Waals surface area contributed by atoms with Crippen LogP contribution in [0.4, 0.5) is 0 Å². The first-order valence-corrected chi connectivity index (χ1v) is 8.39. The van der Waals surface area contributed by atoms with Crippen molar-refractivity contribution in [2.24, 2.45) is 15.0 Å². The number of allylic oxidation sites excluding steroid dienone is 2. The van der Waals surface area contributed by atoms with E-state index in [2.05, 4.69) is 37.9 Å². The largest absolute Gasteiger partial charge is 0.270 e. The number of hydrogen-bond acceptors (Lipinski definition) is 4. The Kier molecular flexibility index (Phi) is 3.21. The molecule has 3 aliphatic heterocycles. The number of nitrogens with zero attached hydrogens (tertiary/aromatic N) is 3. The minimum Gasteiger partial charge on any atom is -0.270 e. The van der Waals surface area contributed by atoms with Crippen LogP contribution in [0.5, 0.6) is 0 Å². The third kappa shape index (κ3) is 1.78. The van der Waals surface area contributed by atoms with Gasteiger partial charge in [-0.3, -0.25) is 4.99 Å². The zero-order valence-electron chi connectivity index (χ0n) is 11.6. The average Bonchev–Trinajstić information content (AvgIpc) is 2.81. The van der Waals surface area contributed by atoms with Gasteiger partial charge in [-0.25, -0.2) is 9.98 Å². The van der Waals surface area contributed by atoms with Crippen LogP contribution in [-0.4, -0.2) is 39.5 Å². The van der Waals surface area contributed by atoms with E-state index in [4.69, 9.17) is 9.98 Å². The maximum atomic E-state index is 4.74. The van der Waals surface area contributed by atoms with E-state index in [0.717, 1.165) is 22.5 Å². The van der Waals surface area contributed by atoms with E-state index in [1.54, 1.807) is 0 Å². The number of rotatable bonds is 0. The van der Waals surface area contributed by atoms with Crippen LogP contribution in [0.15, 0.2) is 38.3 Å². The van der Waals surface area contributed by atoms with Crippen molar-refractivity contribution < 1.29 is 0 Å². The number of hydrogen-bond donors (Lipinski definition) is 0. The number of thioether (sulfide) groups is 2. The molecule has 0 aromatic heterocycles. The Bertz CT molecular complexity index is 583. The molecule has 1 fully saturated rings. The molecule has 0 saturated carbocycles. The molecule has 3 rings (SSSR count). The van der Waals surface area contributed by atoms with E-state index in [1.165, 1.54) is 11.1 Å². The number of amidine groups is 2. The lowest BCUT2D eigenvalue weighted by Crippen LogP contribution is -2.48. The van der Waals surface area contributed by atoms with Gasteiger partial charge in [0.05, 0.1) is 5.25 Å². The van der Waals surface area contributed by atoms with E-state index in [9.17, 15) is 0 Å². The van der Waals surface area contributed by atoms with E-state index < -0.39 is 0 Å². The second-order valence-corrected chi connectivity index (χ2v) is 7.56. The molecule has 0 radical (unpaired) electrons. The Balaban J connectivity index is 2.25. The Morgan fingerprint density at radius 1 is 1.42 bits per heavy atom. The monoisotopic (exact) mass is 291 g/mol. The van der Waals surface area contributed by atoms with Crippen LogP contribution in [0.1, 0.15) is 20.8 Å². The summed E-state index contributed by atoms with van der Waals surface area (Å²) in [5.74, 6) is 1.78. The first kappa shape index (κ1) is 13.2. The lowest BCUT2D eigenvalue weighted by Gasteiger charge is -2.38. The normalized spacial score (nSPS) is 37.7. The Labute approximate surface area is 122 Å². The van der Waals surface area contributed by atoms with Crippen molar-refractivity contribution >= 4 is 40.9 Å². The molecule has 3 nitrogen and oxygen atoms in total. The van der Waals surface area contributed by atoms with Crippen LogP contribution >= 0.6 is 23.5 Å². The summed E-state index contributed by atoms with van der Waals surface area (Å²) in [5, 5.41) is 1.47. The number of aliphatic imine (C=N–C) groups is 3. The molecule has 0 aliphatic carbocycles. The van der Waals surface area contributed by atoms with E-state index in [0.29, 0.717) is 5.25 Å². The SMILES string of the molecule is CC=C1C(=NC)N=C2N=C(C)C(C)=C[C@]23SCS[C@H]13. The highest BCUT2D eigenvalue weighted by Gasteiger charge is 2.53. The zero-order valence-corrected chi connectivity index (χ0v) is 13.2. The maximum absolute atomic E-state index is 4.74.